The van der Waals surface area contributed by atoms with Crippen LogP contribution in [0.2, 0.25) is 0 Å². The lowest BCUT2D eigenvalue weighted by Gasteiger charge is -2.48. The van der Waals surface area contributed by atoms with Gasteiger partial charge in [0.25, 0.3) is 0 Å². The van der Waals surface area contributed by atoms with Crippen LogP contribution >= 0.6 is 34.8 Å². The lowest BCUT2D eigenvalue weighted by atomic mass is 9.95. The van der Waals surface area contributed by atoms with Gasteiger partial charge in [-0.05, 0) is 5.56 Å². The van der Waals surface area contributed by atoms with Gasteiger partial charge in [0.15, 0.2) is 12.6 Å². The van der Waals surface area contributed by atoms with Gasteiger partial charge < -0.3 is 34.1 Å². The van der Waals surface area contributed by atoms with Crippen molar-refractivity contribution in [3.8, 4) is 0 Å². The maximum atomic E-state index is 12.4. The van der Waals surface area contributed by atoms with E-state index >= 15 is 0 Å². The first-order chi connectivity index (χ1) is 16.3. The number of fused-ring (bicyclic) bond motifs is 1. The molecule has 2 aromatic carbocycles. The number of aliphatic hydroxyl groups excluding tert-OH is 1. The highest BCUT2D eigenvalue weighted by Gasteiger charge is 2.51. The Balaban J connectivity index is 1.53. The van der Waals surface area contributed by atoms with Crippen LogP contribution in [-0.4, -0.2) is 58.8 Å². The predicted octanol–water partition coefficient (Wildman–Crippen LogP) is 3.87. The van der Waals surface area contributed by atoms with E-state index in [2.05, 4.69) is 5.32 Å². The molecule has 0 spiro atoms. The quantitative estimate of drug-likeness (QED) is 0.545. The van der Waals surface area contributed by atoms with Crippen LogP contribution in [0.1, 0.15) is 17.4 Å². The normalized spacial score (nSPS) is 29.2. The Labute approximate surface area is 211 Å². The van der Waals surface area contributed by atoms with Gasteiger partial charge in [-0.25, -0.2) is 4.79 Å². The van der Waals surface area contributed by atoms with Crippen molar-refractivity contribution < 1.29 is 33.6 Å². The Morgan fingerprint density at radius 2 is 1.74 bits per heavy atom. The highest BCUT2D eigenvalue weighted by atomic mass is 35.6. The zero-order valence-corrected chi connectivity index (χ0v) is 20.2. The van der Waals surface area contributed by atoms with Crippen LogP contribution in [0, 0.1) is 0 Å². The molecule has 0 aliphatic carbocycles. The molecule has 2 aromatic rings. The fourth-order valence-corrected chi connectivity index (χ4v) is 3.98. The lowest BCUT2D eigenvalue weighted by Crippen LogP contribution is -2.67. The number of rotatable bonds is 6. The third-order valence-electron chi connectivity index (χ3n) is 5.37. The first-order valence-corrected chi connectivity index (χ1v) is 11.7. The van der Waals surface area contributed by atoms with Crippen molar-refractivity contribution >= 4 is 40.9 Å². The van der Waals surface area contributed by atoms with E-state index in [0.29, 0.717) is 0 Å². The second kappa shape index (κ2) is 11.4. The lowest BCUT2D eigenvalue weighted by molar-refractivity contribution is -0.343. The summed E-state index contributed by atoms with van der Waals surface area (Å²) >= 11 is 17.0. The molecular formula is C23H24Cl3NO7. The molecule has 2 aliphatic heterocycles. The van der Waals surface area contributed by atoms with Crippen molar-refractivity contribution in [2.45, 2.75) is 47.3 Å². The molecule has 0 bridgehead atoms. The second-order valence-corrected chi connectivity index (χ2v) is 10.4. The molecule has 11 heteroatoms. The molecule has 2 fully saturated rings. The van der Waals surface area contributed by atoms with Crippen LogP contribution < -0.4 is 5.32 Å². The minimum Gasteiger partial charge on any atom is -0.445 e. The number of halogens is 3. The first-order valence-electron chi connectivity index (χ1n) is 10.6. The van der Waals surface area contributed by atoms with E-state index < -0.39 is 53.4 Å². The molecule has 8 nitrogen and oxygen atoms in total. The molecule has 2 saturated heterocycles. The number of carbonyl (C=O) groups excluding carboxylic acids is 1. The third kappa shape index (κ3) is 6.74. The summed E-state index contributed by atoms with van der Waals surface area (Å²) in [4.78, 5) is 12.4. The van der Waals surface area contributed by atoms with Crippen molar-refractivity contribution in [1.29, 1.82) is 0 Å². The van der Waals surface area contributed by atoms with E-state index in [9.17, 15) is 9.90 Å². The topological polar surface area (TPSA) is 95.5 Å². The molecule has 2 aliphatic rings. The summed E-state index contributed by atoms with van der Waals surface area (Å²) < 4.78 is 27.1. The molecule has 0 saturated carbocycles. The summed E-state index contributed by atoms with van der Waals surface area (Å²) in [7, 11) is 0. The number of hydrogen-bond donors (Lipinski definition) is 2. The Bertz CT molecular complexity index is 931. The van der Waals surface area contributed by atoms with Gasteiger partial charge in [0, 0.05) is 5.56 Å². The van der Waals surface area contributed by atoms with E-state index in [1.54, 1.807) is 0 Å². The highest BCUT2D eigenvalue weighted by Crippen LogP contribution is 2.35. The summed E-state index contributed by atoms with van der Waals surface area (Å²) in [6.07, 6.45) is -5.07. The number of amides is 1. The van der Waals surface area contributed by atoms with Crippen molar-refractivity contribution in [1.82, 2.24) is 5.32 Å². The molecular weight excluding hydrogens is 509 g/mol. The monoisotopic (exact) mass is 531 g/mol. The Morgan fingerprint density at radius 1 is 1.06 bits per heavy atom. The summed E-state index contributed by atoms with van der Waals surface area (Å²) in [5.74, 6) is 0. The van der Waals surface area contributed by atoms with Crippen LogP contribution in [0.15, 0.2) is 60.7 Å². The SMILES string of the molecule is O=C(NC1C(OCc2ccccc2)[C@@H]2OC(c3ccccc3)OCC2O[C@@H]1O)OCC(Cl)(Cl)Cl. The predicted molar refractivity (Wildman–Crippen MR) is 124 cm³/mol. The first kappa shape index (κ1) is 25.5. The maximum Gasteiger partial charge on any atom is 0.407 e. The van der Waals surface area contributed by atoms with E-state index in [-0.39, 0.29) is 13.2 Å². The number of alkyl carbamates (subject to hydrolysis) is 1. The summed E-state index contributed by atoms with van der Waals surface area (Å²) in [6.45, 7) is -0.102. The van der Waals surface area contributed by atoms with E-state index in [0.717, 1.165) is 11.1 Å². The van der Waals surface area contributed by atoms with Crippen molar-refractivity contribution in [2.75, 3.05) is 13.2 Å². The fourth-order valence-electron chi connectivity index (χ4n) is 3.81. The third-order valence-corrected chi connectivity index (χ3v) is 5.69. The number of benzene rings is 2. The van der Waals surface area contributed by atoms with Crippen LogP contribution in [0.4, 0.5) is 4.79 Å². The van der Waals surface area contributed by atoms with Gasteiger partial charge in [0.2, 0.25) is 3.79 Å². The van der Waals surface area contributed by atoms with Gasteiger partial charge in [-0.15, -0.1) is 0 Å². The van der Waals surface area contributed by atoms with Crippen LogP contribution in [0.5, 0.6) is 0 Å². The summed E-state index contributed by atoms with van der Waals surface area (Å²) in [5, 5.41) is 13.2. The average molecular weight is 533 g/mol. The molecule has 2 heterocycles. The van der Waals surface area contributed by atoms with E-state index in [4.69, 9.17) is 58.5 Å². The number of aliphatic hydroxyl groups is 1. The number of alkyl halides is 3. The molecule has 6 atom stereocenters. The fraction of sp³-hybridized carbons (Fsp3) is 0.435. The minimum atomic E-state index is -1.78. The van der Waals surface area contributed by atoms with E-state index in [1.165, 1.54) is 0 Å². The Morgan fingerprint density at radius 3 is 2.41 bits per heavy atom. The molecule has 4 unspecified atom stereocenters. The molecule has 34 heavy (non-hydrogen) atoms. The standard InChI is InChI=1S/C23H24Cl3NO7/c24-23(25,26)13-32-22(29)27-17-19(30-11-14-7-3-1-4-8-14)18-16(33-20(17)28)12-31-21(34-18)15-9-5-2-6-10-15/h1-10,16-21,28H,11-13H2,(H,27,29)/t16?,17?,18-,19?,20+,21?/m1/s1. The average Bonchev–Trinajstić information content (AvgIpc) is 2.83. The maximum absolute atomic E-state index is 12.4. The largest absolute Gasteiger partial charge is 0.445 e. The van der Waals surface area contributed by atoms with Gasteiger partial charge in [0.05, 0.1) is 13.2 Å². The van der Waals surface area contributed by atoms with Gasteiger partial charge in [-0.2, -0.15) is 0 Å². The number of carbonyl (C=O) groups is 1. The van der Waals surface area contributed by atoms with Crippen molar-refractivity contribution in [2.24, 2.45) is 0 Å². The van der Waals surface area contributed by atoms with Crippen molar-refractivity contribution in [3.63, 3.8) is 0 Å². The van der Waals surface area contributed by atoms with Gasteiger partial charge in [-0.1, -0.05) is 95.5 Å². The van der Waals surface area contributed by atoms with Gasteiger partial charge >= 0.3 is 6.09 Å². The van der Waals surface area contributed by atoms with Crippen LogP contribution in [0.25, 0.3) is 0 Å². The molecule has 4 rings (SSSR count). The zero-order chi connectivity index (χ0) is 24.1. The van der Waals surface area contributed by atoms with Gasteiger partial charge in [0.1, 0.15) is 31.0 Å². The van der Waals surface area contributed by atoms with Crippen LogP contribution in [-0.2, 0) is 30.3 Å². The number of nitrogens with one attached hydrogen (secondary N) is 1. The second-order valence-electron chi connectivity index (χ2n) is 7.86. The smallest absolute Gasteiger partial charge is 0.407 e. The number of hydrogen-bond acceptors (Lipinski definition) is 7. The van der Waals surface area contributed by atoms with Gasteiger partial charge in [-0.3, -0.25) is 0 Å². The molecule has 1 amide bonds. The van der Waals surface area contributed by atoms with E-state index in [1.807, 2.05) is 60.7 Å². The summed E-state index contributed by atoms with van der Waals surface area (Å²) in [5.41, 5.74) is 1.73. The highest BCUT2D eigenvalue weighted by molar-refractivity contribution is 6.67. The Kier molecular flexibility index (Phi) is 8.55. The number of ether oxygens (including phenoxy) is 5. The van der Waals surface area contributed by atoms with Crippen molar-refractivity contribution in [3.05, 3.63) is 71.8 Å². The molecule has 2 N–H and O–H groups in total. The molecule has 0 radical (unpaired) electrons. The van der Waals surface area contributed by atoms with Crippen LogP contribution in [0.3, 0.4) is 0 Å². The molecule has 184 valence electrons. The Hall–Kier alpha value is -1.62. The minimum absolute atomic E-state index is 0.164. The molecule has 0 aromatic heterocycles. The zero-order valence-electron chi connectivity index (χ0n) is 17.9. The summed E-state index contributed by atoms with van der Waals surface area (Å²) in [6, 6.07) is 17.9.